The first kappa shape index (κ1) is 12.6. The third kappa shape index (κ3) is 2.57. The highest BCUT2D eigenvalue weighted by Gasteiger charge is 2.19. The molecule has 4 nitrogen and oxygen atoms in total. The van der Waals surface area contributed by atoms with Crippen molar-refractivity contribution in [2.75, 3.05) is 6.61 Å². The topological polar surface area (TPSA) is 59.2 Å². The maximum absolute atomic E-state index is 12.3. The number of aromatic amines is 1. The second-order valence-electron chi connectivity index (χ2n) is 2.80. The molecular weight excluding hydrogens is 244 g/mol. The summed E-state index contributed by atoms with van der Waals surface area (Å²) < 4.78 is 29.1. The van der Waals surface area contributed by atoms with Crippen molar-refractivity contribution in [3.63, 3.8) is 0 Å². The lowest BCUT2D eigenvalue weighted by atomic mass is 10.2. The molecule has 0 aliphatic carbocycles. The van der Waals surface area contributed by atoms with Crippen LogP contribution in [0, 0.1) is 0 Å². The lowest BCUT2D eigenvalue weighted by molar-refractivity contribution is 0.0523. The summed E-state index contributed by atoms with van der Waals surface area (Å²) in [4.78, 5) is 24.4. The van der Waals surface area contributed by atoms with E-state index in [-0.39, 0.29) is 11.6 Å². The van der Waals surface area contributed by atoms with E-state index in [9.17, 15) is 18.4 Å². The molecule has 0 fully saturated rings. The fourth-order valence-electron chi connectivity index (χ4n) is 1.06. The third-order valence-corrected chi connectivity index (χ3v) is 2.02. The van der Waals surface area contributed by atoms with Crippen LogP contribution in [0.2, 0.25) is 5.02 Å². The molecule has 0 saturated heterocycles. The second kappa shape index (κ2) is 5.07. The van der Waals surface area contributed by atoms with Gasteiger partial charge in [0, 0.05) is 0 Å². The van der Waals surface area contributed by atoms with Gasteiger partial charge in [-0.1, -0.05) is 11.6 Å². The normalized spacial score (nSPS) is 10.6. The van der Waals surface area contributed by atoms with E-state index in [0.717, 1.165) is 6.07 Å². The van der Waals surface area contributed by atoms with Crippen LogP contribution in [0.1, 0.15) is 29.4 Å². The van der Waals surface area contributed by atoms with E-state index in [1.165, 1.54) is 0 Å². The summed E-state index contributed by atoms with van der Waals surface area (Å²) in [6.45, 7) is 1.61. The number of carbonyl (C=O) groups is 1. The molecule has 1 N–H and O–H groups in total. The molecule has 0 bridgehead atoms. The fourth-order valence-corrected chi connectivity index (χ4v) is 1.34. The minimum atomic E-state index is -2.86. The zero-order valence-electron chi connectivity index (χ0n) is 8.22. The Bertz CT molecular complexity index is 459. The van der Waals surface area contributed by atoms with E-state index in [2.05, 4.69) is 4.74 Å². The van der Waals surface area contributed by atoms with E-state index >= 15 is 0 Å². The second-order valence-corrected chi connectivity index (χ2v) is 3.21. The van der Waals surface area contributed by atoms with Gasteiger partial charge in [0.2, 0.25) is 0 Å². The van der Waals surface area contributed by atoms with Gasteiger partial charge in [0.15, 0.2) is 0 Å². The molecule has 0 spiro atoms. The molecule has 0 radical (unpaired) electrons. The van der Waals surface area contributed by atoms with Gasteiger partial charge in [-0.05, 0) is 13.0 Å². The van der Waals surface area contributed by atoms with Crippen LogP contribution in [0.15, 0.2) is 10.9 Å². The Labute approximate surface area is 94.2 Å². The van der Waals surface area contributed by atoms with Gasteiger partial charge in [-0.3, -0.25) is 4.79 Å². The number of aromatic nitrogens is 1. The lowest BCUT2D eigenvalue weighted by Crippen LogP contribution is -2.21. The molecule has 1 heterocycles. The molecule has 7 heteroatoms. The predicted molar refractivity (Wildman–Crippen MR) is 53.0 cm³/mol. The molecule has 0 aliphatic heterocycles. The Balaban J connectivity index is 3.23. The summed E-state index contributed by atoms with van der Waals surface area (Å²) in [6.07, 6.45) is -2.86. The Kier molecular flexibility index (Phi) is 4.00. The fraction of sp³-hybridized carbons (Fsp3) is 0.333. The number of esters is 1. The number of hydrogen-bond acceptors (Lipinski definition) is 3. The summed E-state index contributed by atoms with van der Waals surface area (Å²) in [5, 5.41) is -0.350. The zero-order valence-corrected chi connectivity index (χ0v) is 8.98. The van der Waals surface area contributed by atoms with Crippen molar-refractivity contribution in [3.8, 4) is 0 Å². The van der Waals surface area contributed by atoms with Crippen molar-refractivity contribution in [2.45, 2.75) is 13.3 Å². The van der Waals surface area contributed by atoms with Crippen molar-refractivity contribution in [2.24, 2.45) is 0 Å². The summed E-state index contributed by atoms with van der Waals surface area (Å²) in [6, 6.07) is 0.833. The first-order chi connectivity index (χ1) is 7.47. The number of rotatable bonds is 3. The number of halogens is 3. The largest absolute Gasteiger partial charge is 0.462 e. The molecular formula is C9H8ClF2NO3. The van der Waals surface area contributed by atoms with E-state index < -0.39 is 29.2 Å². The van der Waals surface area contributed by atoms with Gasteiger partial charge in [0.25, 0.3) is 12.0 Å². The average Bonchev–Trinajstić information content (AvgIpc) is 2.16. The van der Waals surface area contributed by atoms with Crippen molar-refractivity contribution in [3.05, 3.63) is 32.7 Å². The highest BCUT2D eigenvalue weighted by atomic mass is 35.5. The molecule has 1 rings (SSSR count). The lowest BCUT2D eigenvalue weighted by Gasteiger charge is -2.05. The third-order valence-electron chi connectivity index (χ3n) is 1.72. The van der Waals surface area contributed by atoms with Crippen LogP contribution in [-0.2, 0) is 4.74 Å². The number of carbonyl (C=O) groups excluding carboxylic acids is 1. The number of pyridine rings is 1. The van der Waals surface area contributed by atoms with Gasteiger partial charge in [0.05, 0.1) is 17.3 Å². The number of alkyl halides is 2. The van der Waals surface area contributed by atoms with Crippen LogP contribution < -0.4 is 5.56 Å². The summed E-state index contributed by atoms with van der Waals surface area (Å²) in [5.74, 6) is -0.936. The van der Waals surface area contributed by atoms with Crippen molar-refractivity contribution in [1.29, 1.82) is 0 Å². The van der Waals surface area contributed by atoms with Crippen LogP contribution in [0.3, 0.4) is 0 Å². The minimum absolute atomic E-state index is 0.0607. The quantitative estimate of drug-likeness (QED) is 0.838. The maximum Gasteiger partial charge on any atom is 0.345 e. The van der Waals surface area contributed by atoms with E-state index in [1.807, 2.05) is 4.98 Å². The number of hydrogen-bond donors (Lipinski definition) is 1. The van der Waals surface area contributed by atoms with Gasteiger partial charge in [-0.2, -0.15) is 0 Å². The van der Waals surface area contributed by atoms with Crippen LogP contribution in [0.4, 0.5) is 8.78 Å². The Morgan fingerprint density at radius 2 is 2.25 bits per heavy atom. The van der Waals surface area contributed by atoms with Gasteiger partial charge in [-0.15, -0.1) is 0 Å². The summed E-state index contributed by atoms with van der Waals surface area (Å²) in [5.41, 5.74) is -2.09. The van der Waals surface area contributed by atoms with Gasteiger partial charge in [-0.25, -0.2) is 13.6 Å². The van der Waals surface area contributed by atoms with Gasteiger partial charge >= 0.3 is 5.97 Å². The molecule has 0 atom stereocenters. The van der Waals surface area contributed by atoms with Crippen molar-refractivity contribution >= 4 is 17.6 Å². The number of nitrogens with one attached hydrogen (secondary N) is 1. The Morgan fingerprint density at radius 3 is 2.69 bits per heavy atom. The van der Waals surface area contributed by atoms with Crippen LogP contribution in [0.5, 0.6) is 0 Å². The molecule has 1 aromatic heterocycles. The molecule has 88 valence electrons. The minimum Gasteiger partial charge on any atom is -0.462 e. The maximum atomic E-state index is 12.3. The van der Waals surface area contributed by atoms with Crippen molar-refractivity contribution < 1.29 is 18.3 Å². The smallest absolute Gasteiger partial charge is 0.345 e. The summed E-state index contributed by atoms with van der Waals surface area (Å²) >= 11 is 5.56. The van der Waals surface area contributed by atoms with Crippen molar-refractivity contribution in [1.82, 2.24) is 4.98 Å². The molecule has 16 heavy (non-hydrogen) atoms. The van der Waals surface area contributed by atoms with Gasteiger partial charge in [0.1, 0.15) is 5.56 Å². The number of ether oxygens (including phenoxy) is 1. The molecule has 0 saturated carbocycles. The zero-order chi connectivity index (χ0) is 12.3. The van der Waals surface area contributed by atoms with Gasteiger partial charge < -0.3 is 9.72 Å². The molecule has 0 aliphatic rings. The highest BCUT2D eigenvalue weighted by molar-refractivity contribution is 6.33. The van der Waals surface area contributed by atoms with Crippen LogP contribution >= 0.6 is 11.6 Å². The first-order valence-corrected chi connectivity index (χ1v) is 4.73. The average molecular weight is 252 g/mol. The van der Waals surface area contributed by atoms with E-state index in [0.29, 0.717) is 0 Å². The monoisotopic (exact) mass is 251 g/mol. The molecule has 0 amide bonds. The molecule has 1 aromatic rings. The Morgan fingerprint density at radius 1 is 1.62 bits per heavy atom. The number of H-pyrrole nitrogens is 1. The molecule has 0 aromatic carbocycles. The Hall–Kier alpha value is -1.43. The highest BCUT2D eigenvalue weighted by Crippen LogP contribution is 2.20. The van der Waals surface area contributed by atoms with E-state index in [1.54, 1.807) is 6.92 Å². The SMILES string of the molecule is CCOC(=O)c1c(Cl)cc(C(F)F)[nH]c1=O. The van der Waals surface area contributed by atoms with Crippen LogP contribution in [-0.4, -0.2) is 17.6 Å². The van der Waals surface area contributed by atoms with E-state index in [4.69, 9.17) is 11.6 Å². The molecule has 0 unspecified atom stereocenters. The summed E-state index contributed by atoms with van der Waals surface area (Å²) in [7, 11) is 0. The first-order valence-electron chi connectivity index (χ1n) is 4.35. The standard InChI is InChI=1S/C9H8ClF2NO3/c1-2-16-9(15)6-4(10)3-5(7(11)12)13-8(6)14/h3,7H,2H2,1H3,(H,13,14). The predicted octanol–water partition coefficient (Wildman–Crippen LogP) is 2.14. The van der Waals surface area contributed by atoms with Crippen LogP contribution in [0.25, 0.3) is 0 Å².